The molecule has 0 aliphatic rings. The Labute approximate surface area is 225 Å². The highest BCUT2D eigenvalue weighted by molar-refractivity contribution is 6.31. The molecule has 0 saturated heterocycles. The highest BCUT2D eigenvalue weighted by Crippen LogP contribution is 2.28. The van der Waals surface area contributed by atoms with Crippen molar-refractivity contribution < 1.29 is 18.7 Å². The number of nitrogens with one attached hydrogen (secondary N) is 1. The van der Waals surface area contributed by atoms with Gasteiger partial charge in [-0.15, -0.1) is 10.2 Å². The number of nitrogens with zero attached hydrogens (tertiary/aromatic N) is 5. The molecule has 0 aliphatic carbocycles. The molecule has 4 rings (SSSR count). The number of carbonyl (C=O) groups excluding carboxylic acids is 2. The molecule has 198 valence electrons. The van der Waals surface area contributed by atoms with Gasteiger partial charge >= 0.3 is 0 Å². The van der Waals surface area contributed by atoms with E-state index in [2.05, 4.69) is 20.7 Å². The highest BCUT2D eigenvalue weighted by atomic mass is 35.5. The number of methoxy groups -OCH3 is 1. The summed E-state index contributed by atoms with van der Waals surface area (Å²) in [5.41, 5.74) is 0.852. The Morgan fingerprint density at radius 2 is 1.84 bits per heavy atom. The van der Waals surface area contributed by atoms with Gasteiger partial charge in [0.25, 0.3) is 5.91 Å². The number of carbonyl (C=O) groups is 2. The van der Waals surface area contributed by atoms with Gasteiger partial charge in [0, 0.05) is 22.7 Å². The van der Waals surface area contributed by atoms with Gasteiger partial charge in [0.15, 0.2) is 6.04 Å². The van der Waals surface area contributed by atoms with Crippen LogP contribution in [0.3, 0.4) is 0 Å². The van der Waals surface area contributed by atoms with E-state index in [0.29, 0.717) is 27.9 Å². The molecule has 0 radical (unpaired) electrons. The van der Waals surface area contributed by atoms with Crippen molar-refractivity contribution in [2.75, 3.05) is 7.11 Å². The number of aromatic nitrogens is 4. The number of halogens is 1. The van der Waals surface area contributed by atoms with Gasteiger partial charge in [0.05, 0.1) is 13.4 Å². The summed E-state index contributed by atoms with van der Waals surface area (Å²) in [4.78, 5) is 29.9. The van der Waals surface area contributed by atoms with Crippen molar-refractivity contribution in [2.24, 2.45) is 0 Å². The van der Waals surface area contributed by atoms with Gasteiger partial charge in [-0.2, -0.15) is 4.80 Å². The third-order valence-corrected chi connectivity index (χ3v) is 5.94. The maximum atomic E-state index is 13.8. The van der Waals surface area contributed by atoms with E-state index >= 15 is 0 Å². The summed E-state index contributed by atoms with van der Waals surface area (Å²) in [6, 6.07) is 16.6. The van der Waals surface area contributed by atoms with Gasteiger partial charge in [0.2, 0.25) is 11.7 Å². The van der Waals surface area contributed by atoms with Crippen molar-refractivity contribution in [3.05, 3.63) is 83.3 Å². The lowest BCUT2D eigenvalue weighted by Crippen LogP contribution is -2.49. The third kappa shape index (κ3) is 6.57. The standard InChI is InChI=1S/C27H29ClN6O4/c1-27(2,3)29-26(36)24(22-10-7-15-38-22)33(16-19-8-5-6-9-21(19)28)23(35)17-34-31-25(30-32-34)18-11-13-20(37-4)14-12-18/h5-15,24H,16-17H2,1-4H3,(H,29,36)/t24-/m0/s1. The monoisotopic (exact) mass is 536 g/mol. The van der Waals surface area contributed by atoms with Crippen molar-refractivity contribution in [2.45, 2.75) is 45.4 Å². The van der Waals surface area contributed by atoms with Crippen molar-refractivity contribution in [3.8, 4) is 17.1 Å². The molecule has 2 heterocycles. The molecule has 1 N–H and O–H groups in total. The summed E-state index contributed by atoms with van der Waals surface area (Å²) in [5, 5.41) is 15.9. The van der Waals surface area contributed by atoms with E-state index in [9.17, 15) is 9.59 Å². The number of amides is 2. The quantitative estimate of drug-likeness (QED) is 0.339. The van der Waals surface area contributed by atoms with Gasteiger partial charge in [-0.05, 0) is 74.0 Å². The average Bonchev–Trinajstić information content (AvgIpc) is 3.56. The predicted molar refractivity (Wildman–Crippen MR) is 141 cm³/mol. The first-order chi connectivity index (χ1) is 18.1. The Bertz CT molecular complexity index is 1380. The van der Waals surface area contributed by atoms with Gasteiger partial charge in [0.1, 0.15) is 18.1 Å². The van der Waals surface area contributed by atoms with Crippen molar-refractivity contribution in [3.63, 3.8) is 0 Å². The molecule has 11 heteroatoms. The Hall–Kier alpha value is -4.18. The van der Waals surface area contributed by atoms with E-state index in [1.165, 1.54) is 16.0 Å². The van der Waals surface area contributed by atoms with Gasteiger partial charge in [-0.3, -0.25) is 9.59 Å². The van der Waals surface area contributed by atoms with Crippen LogP contribution in [0.2, 0.25) is 5.02 Å². The van der Waals surface area contributed by atoms with E-state index in [1.54, 1.807) is 61.7 Å². The Balaban J connectivity index is 1.66. The number of hydrogen-bond donors (Lipinski definition) is 1. The van der Waals surface area contributed by atoms with E-state index in [-0.39, 0.29) is 13.1 Å². The number of tetrazole rings is 1. The number of furan rings is 1. The zero-order valence-corrected chi connectivity index (χ0v) is 22.3. The molecule has 4 aromatic rings. The third-order valence-electron chi connectivity index (χ3n) is 5.57. The molecule has 2 aromatic heterocycles. The lowest BCUT2D eigenvalue weighted by atomic mass is 10.1. The van der Waals surface area contributed by atoms with Gasteiger partial charge in [-0.25, -0.2) is 0 Å². The van der Waals surface area contributed by atoms with Crippen LogP contribution in [0.15, 0.2) is 71.3 Å². The molecule has 0 bridgehead atoms. The molecule has 0 unspecified atom stereocenters. The summed E-state index contributed by atoms with van der Waals surface area (Å²) < 4.78 is 10.8. The van der Waals surface area contributed by atoms with Crippen LogP contribution in [0.1, 0.15) is 38.1 Å². The number of hydrogen-bond acceptors (Lipinski definition) is 7. The lowest BCUT2D eigenvalue weighted by Gasteiger charge is -2.32. The molecule has 0 spiro atoms. The molecule has 10 nitrogen and oxygen atoms in total. The van der Waals surface area contributed by atoms with Crippen LogP contribution >= 0.6 is 11.6 Å². The summed E-state index contributed by atoms with van der Waals surface area (Å²) in [6.45, 7) is 5.40. The van der Waals surface area contributed by atoms with Crippen LogP contribution in [0, 0.1) is 0 Å². The van der Waals surface area contributed by atoms with Crippen LogP contribution in [0.25, 0.3) is 11.4 Å². The van der Waals surface area contributed by atoms with Crippen molar-refractivity contribution in [1.82, 2.24) is 30.4 Å². The second-order valence-corrected chi connectivity index (χ2v) is 10.0. The smallest absolute Gasteiger partial charge is 0.251 e. The van der Waals surface area contributed by atoms with Gasteiger partial charge < -0.3 is 19.4 Å². The minimum Gasteiger partial charge on any atom is -0.497 e. The maximum absolute atomic E-state index is 13.8. The first-order valence-corrected chi connectivity index (χ1v) is 12.3. The predicted octanol–water partition coefficient (Wildman–Crippen LogP) is 4.28. The minimum atomic E-state index is -1.06. The van der Waals surface area contributed by atoms with Crippen LogP contribution in [0.5, 0.6) is 5.75 Å². The molecule has 2 amide bonds. The molecule has 1 atom stereocenters. The fraction of sp³-hybridized carbons (Fsp3) is 0.296. The Kier molecular flexibility index (Phi) is 8.11. The maximum Gasteiger partial charge on any atom is 0.251 e. The lowest BCUT2D eigenvalue weighted by molar-refractivity contribution is -0.143. The van der Waals surface area contributed by atoms with Gasteiger partial charge in [-0.1, -0.05) is 29.8 Å². The first-order valence-electron chi connectivity index (χ1n) is 11.9. The molecule has 2 aromatic carbocycles. The number of rotatable bonds is 9. The zero-order valence-electron chi connectivity index (χ0n) is 21.6. The minimum absolute atomic E-state index is 0.0570. The highest BCUT2D eigenvalue weighted by Gasteiger charge is 2.36. The zero-order chi connectivity index (χ0) is 27.3. The largest absolute Gasteiger partial charge is 0.497 e. The molecule has 0 aliphatic heterocycles. The average molecular weight is 537 g/mol. The van der Waals surface area contributed by atoms with E-state index in [1.807, 2.05) is 26.8 Å². The van der Waals surface area contributed by atoms with Crippen LogP contribution < -0.4 is 10.1 Å². The summed E-state index contributed by atoms with van der Waals surface area (Å²) in [7, 11) is 1.58. The SMILES string of the molecule is COc1ccc(-c2nnn(CC(=O)N(Cc3ccccc3Cl)[C@H](C(=O)NC(C)(C)C)c3ccco3)n2)cc1. The molecule has 0 saturated carbocycles. The van der Waals surface area contributed by atoms with Crippen molar-refractivity contribution >= 4 is 23.4 Å². The van der Waals surface area contributed by atoms with Crippen LogP contribution in [-0.2, 0) is 22.7 Å². The fourth-order valence-electron chi connectivity index (χ4n) is 3.82. The van der Waals surface area contributed by atoms with Crippen LogP contribution in [-0.4, -0.2) is 49.6 Å². The summed E-state index contributed by atoms with van der Waals surface area (Å²) in [6.07, 6.45) is 1.46. The number of benzene rings is 2. The van der Waals surface area contributed by atoms with E-state index in [4.69, 9.17) is 20.8 Å². The fourth-order valence-corrected chi connectivity index (χ4v) is 4.02. The molecule has 0 fully saturated rings. The topological polar surface area (TPSA) is 115 Å². The normalized spacial score (nSPS) is 12.1. The Morgan fingerprint density at radius 3 is 2.47 bits per heavy atom. The Morgan fingerprint density at radius 1 is 1.11 bits per heavy atom. The second-order valence-electron chi connectivity index (χ2n) is 9.64. The molecule has 38 heavy (non-hydrogen) atoms. The number of ether oxygens (including phenoxy) is 1. The van der Waals surface area contributed by atoms with Crippen molar-refractivity contribution in [1.29, 1.82) is 0 Å². The molecular weight excluding hydrogens is 508 g/mol. The first kappa shape index (κ1) is 26.9. The van der Waals surface area contributed by atoms with E-state index in [0.717, 1.165) is 5.56 Å². The summed E-state index contributed by atoms with van der Waals surface area (Å²) in [5.74, 6) is 0.556. The molecular formula is C27H29ClN6O4. The van der Waals surface area contributed by atoms with Crippen LogP contribution in [0.4, 0.5) is 0 Å². The summed E-state index contributed by atoms with van der Waals surface area (Å²) >= 11 is 6.43. The van der Waals surface area contributed by atoms with E-state index < -0.39 is 23.4 Å². The second kappa shape index (κ2) is 11.5.